The average Bonchev–Trinajstić information content (AvgIpc) is 3.10. The zero-order valence-electron chi connectivity index (χ0n) is 11.4. The van der Waals surface area contributed by atoms with Crippen LogP contribution in [0.3, 0.4) is 0 Å². The molecule has 1 aromatic carbocycles. The Morgan fingerprint density at radius 2 is 2.20 bits per heavy atom. The molecule has 0 aliphatic carbocycles. The molecule has 1 aromatic rings. The summed E-state index contributed by atoms with van der Waals surface area (Å²) in [5, 5.41) is 6.43. The van der Waals surface area contributed by atoms with Crippen molar-refractivity contribution in [1.29, 1.82) is 0 Å². The van der Waals surface area contributed by atoms with Gasteiger partial charge in [0.25, 0.3) is 0 Å². The average molecular weight is 338 g/mol. The minimum absolute atomic E-state index is 0.0208. The van der Waals surface area contributed by atoms with Crippen LogP contribution >= 0.6 is 15.9 Å². The van der Waals surface area contributed by atoms with Gasteiger partial charge in [-0.2, -0.15) is 0 Å². The van der Waals surface area contributed by atoms with E-state index in [0.717, 1.165) is 43.4 Å². The second-order valence-corrected chi connectivity index (χ2v) is 6.39. The van der Waals surface area contributed by atoms with Crippen molar-refractivity contribution in [3.63, 3.8) is 0 Å². The Balaban J connectivity index is 1.57. The van der Waals surface area contributed by atoms with Gasteiger partial charge >= 0.3 is 0 Å². The van der Waals surface area contributed by atoms with Gasteiger partial charge in [0.1, 0.15) is 0 Å². The number of rotatable bonds is 3. The molecular formula is C15H20BrN3O. The number of para-hydroxylation sites is 1. The van der Waals surface area contributed by atoms with E-state index >= 15 is 0 Å². The Bertz CT molecular complexity index is 488. The summed E-state index contributed by atoms with van der Waals surface area (Å²) in [5.41, 5.74) is 1.21. The molecular weight excluding hydrogens is 318 g/mol. The molecule has 0 unspecified atom stereocenters. The summed E-state index contributed by atoms with van der Waals surface area (Å²) in [6, 6.07) is 8.53. The molecule has 0 aromatic heterocycles. The van der Waals surface area contributed by atoms with Gasteiger partial charge in [0, 0.05) is 23.6 Å². The number of amides is 1. The van der Waals surface area contributed by atoms with Gasteiger partial charge in [-0.1, -0.05) is 12.1 Å². The van der Waals surface area contributed by atoms with E-state index in [9.17, 15) is 4.79 Å². The molecule has 0 bridgehead atoms. The third-order valence-electron chi connectivity index (χ3n) is 4.10. The predicted molar refractivity (Wildman–Crippen MR) is 83.9 cm³/mol. The molecule has 2 N–H and O–H groups in total. The molecule has 2 fully saturated rings. The van der Waals surface area contributed by atoms with Crippen LogP contribution in [-0.2, 0) is 4.79 Å². The first-order valence-electron chi connectivity index (χ1n) is 7.27. The maximum Gasteiger partial charge on any atom is 0.237 e. The van der Waals surface area contributed by atoms with Crippen molar-refractivity contribution in [2.45, 2.75) is 31.3 Å². The van der Waals surface area contributed by atoms with E-state index < -0.39 is 0 Å². The van der Waals surface area contributed by atoms with E-state index in [1.54, 1.807) is 0 Å². The molecule has 2 heterocycles. The van der Waals surface area contributed by atoms with Gasteiger partial charge in [0.05, 0.1) is 11.7 Å². The molecule has 0 saturated carbocycles. The number of anilines is 1. The third-order valence-corrected chi connectivity index (χ3v) is 4.78. The van der Waals surface area contributed by atoms with Crippen LogP contribution in [0, 0.1) is 0 Å². The van der Waals surface area contributed by atoms with Crippen molar-refractivity contribution in [2.24, 2.45) is 0 Å². The number of carbonyl (C=O) groups excluding carboxylic acids is 1. The summed E-state index contributed by atoms with van der Waals surface area (Å²) < 4.78 is 1.12. The third kappa shape index (κ3) is 2.99. The largest absolute Gasteiger partial charge is 0.368 e. The lowest BCUT2D eigenvalue weighted by molar-refractivity contribution is -0.123. The highest BCUT2D eigenvalue weighted by molar-refractivity contribution is 9.10. The van der Waals surface area contributed by atoms with Crippen LogP contribution in [0.1, 0.15) is 19.3 Å². The quantitative estimate of drug-likeness (QED) is 0.885. The molecule has 1 amide bonds. The molecule has 108 valence electrons. The van der Waals surface area contributed by atoms with Crippen molar-refractivity contribution in [2.75, 3.05) is 24.5 Å². The van der Waals surface area contributed by atoms with Crippen LogP contribution in [0.25, 0.3) is 0 Å². The first-order chi connectivity index (χ1) is 9.74. The SMILES string of the molecule is O=C(N[C@@H]1CCN(c2ccccc2Br)C1)[C@H]1CCCN1. The standard InChI is InChI=1S/C15H20BrN3O/c16-12-4-1-2-6-14(12)19-9-7-11(10-19)18-15(20)13-5-3-8-17-13/h1-2,4,6,11,13,17H,3,5,7-10H2,(H,18,20)/t11-,13-/m1/s1. The van der Waals surface area contributed by atoms with E-state index in [4.69, 9.17) is 0 Å². The number of halogens is 1. The van der Waals surface area contributed by atoms with Crippen LogP contribution in [0.4, 0.5) is 5.69 Å². The molecule has 0 radical (unpaired) electrons. The zero-order chi connectivity index (χ0) is 13.9. The van der Waals surface area contributed by atoms with Gasteiger partial charge in [-0.05, 0) is 53.9 Å². The molecule has 20 heavy (non-hydrogen) atoms. The molecule has 0 spiro atoms. The van der Waals surface area contributed by atoms with Gasteiger partial charge in [-0.3, -0.25) is 4.79 Å². The fourth-order valence-corrected chi connectivity index (χ4v) is 3.55. The van der Waals surface area contributed by atoms with Crippen LogP contribution < -0.4 is 15.5 Å². The normalized spacial score (nSPS) is 25.9. The summed E-state index contributed by atoms with van der Waals surface area (Å²) in [4.78, 5) is 14.4. The summed E-state index contributed by atoms with van der Waals surface area (Å²) in [6.45, 7) is 2.85. The number of benzene rings is 1. The predicted octanol–water partition coefficient (Wildman–Crippen LogP) is 1.90. The minimum atomic E-state index is 0.0208. The Morgan fingerprint density at radius 1 is 1.35 bits per heavy atom. The number of hydrogen-bond acceptors (Lipinski definition) is 3. The Hall–Kier alpha value is -1.07. The Kier molecular flexibility index (Phi) is 4.27. The van der Waals surface area contributed by atoms with Crippen molar-refractivity contribution in [3.05, 3.63) is 28.7 Å². The van der Waals surface area contributed by atoms with Crippen LogP contribution in [0.2, 0.25) is 0 Å². The maximum atomic E-state index is 12.1. The molecule has 2 saturated heterocycles. The highest BCUT2D eigenvalue weighted by Gasteiger charge is 2.28. The highest BCUT2D eigenvalue weighted by atomic mass is 79.9. The zero-order valence-corrected chi connectivity index (χ0v) is 13.0. The second kappa shape index (κ2) is 6.14. The summed E-state index contributed by atoms with van der Waals surface area (Å²) in [5.74, 6) is 0.168. The Labute approximate surface area is 128 Å². The van der Waals surface area contributed by atoms with Crippen LogP contribution in [0.15, 0.2) is 28.7 Å². The van der Waals surface area contributed by atoms with Crippen LogP contribution in [-0.4, -0.2) is 37.6 Å². The topological polar surface area (TPSA) is 44.4 Å². The lowest BCUT2D eigenvalue weighted by atomic mass is 10.2. The fourth-order valence-electron chi connectivity index (χ4n) is 3.02. The first-order valence-corrected chi connectivity index (χ1v) is 8.06. The minimum Gasteiger partial charge on any atom is -0.368 e. The summed E-state index contributed by atoms with van der Waals surface area (Å²) >= 11 is 3.59. The van der Waals surface area contributed by atoms with Gasteiger partial charge in [0.2, 0.25) is 5.91 Å². The summed E-state index contributed by atoms with van der Waals surface area (Å²) in [7, 11) is 0. The van der Waals surface area contributed by atoms with Gasteiger partial charge in [-0.15, -0.1) is 0 Å². The Morgan fingerprint density at radius 3 is 2.95 bits per heavy atom. The molecule has 2 atom stereocenters. The number of hydrogen-bond donors (Lipinski definition) is 2. The first kappa shape index (κ1) is 13.9. The van der Waals surface area contributed by atoms with E-state index in [1.807, 2.05) is 6.07 Å². The molecule has 2 aliphatic rings. The van der Waals surface area contributed by atoms with Gasteiger partial charge in [-0.25, -0.2) is 0 Å². The van der Waals surface area contributed by atoms with Gasteiger partial charge in [0.15, 0.2) is 0 Å². The lowest BCUT2D eigenvalue weighted by Crippen LogP contribution is -2.46. The van der Waals surface area contributed by atoms with E-state index in [0.29, 0.717) is 0 Å². The molecule has 3 rings (SSSR count). The monoisotopic (exact) mass is 337 g/mol. The maximum absolute atomic E-state index is 12.1. The fraction of sp³-hybridized carbons (Fsp3) is 0.533. The smallest absolute Gasteiger partial charge is 0.237 e. The van der Waals surface area contributed by atoms with Crippen molar-refractivity contribution in [1.82, 2.24) is 10.6 Å². The van der Waals surface area contributed by atoms with Crippen molar-refractivity contribution in [3.8, 4) is 0 Å². The number of nitrogens with zero attached hydrogens (tertiary/aromatic N) is 1. The van der Waals surface area contributed by atoms with E-state index in [1.165, 1.54) is 5.69 Å². The second-order valence-electron chi connectivity index (χ2n) is 5.54. The lowest BCUT2D eigenvalue weighted by Gasteiger charge is -2.21. The number of carbonyl (C=O) groups is 1. The molecule has 2 aliphatic heterocycles. The van der Waals surface area contributed by atoms with Crippen molar-refractivity contribution < 1.29 is 4.79 Å². The van der Waals surface area contributed by atoms with Crippen molar-refractivity contribution >= 4 is 27.5 Å². The highest BCUT2D eigenvalue weighted by Crippen LogP contribution is 2.28. The van der Waals surface area contributed by atoms with E-state index in [2.05, 4.69) is 49.7 Å². The van der Waals surface area contributed by atoms with Crippen LogP contribution in [0.5, 0.6) is 0 Å². The van der Waals surface area contributed by atoms with Gasteiger partial charge < -0.3 is 15.5 Å². The molecule has 4 nitrogen and oxygen atoms in total. The summed E-state index contributed by atoms with van der Waals surface area (Å²) in [6.07, 6.45) is 3.08. The van der Waals surface area contributed by atoms with E-state index in [-0.39, 0.29) is 18.0 Å². The number of nitrogens with one attached hydrogen (secondary N) is 2. The molecule has 5 heteroatoms.